The third-order valence-electron chi connectivity index (χ3n) is 6.35. The molecule has 6 heterocycles. The Morgan fingerprint density at radius 3 is 2.38 bits per heavy atom. The molecule has 2 aromatic heterocycles. The third kappa shape index (κ3) is 3.82. The van der Waals surface area contributed by atoms with E-state index in [0.29, 0.717) is 37.3 Å². The number of pyridine rings is 1. The second-order valence-corrected chi connectivity index (χ2v) is 10.7. The van der Waals surface area contributed by atoms with Crippen molar-refractivity contribution >= 4 is 21.6 Å². The van der Waals surface area contributed by atoms with Gasteiger partial charge in [0, 0.05) is 30.8 Å². The third-order valence-corrected chi connectivity index (χ3v) is 8.07. The quantitative estimate of drug-likeness (QED) is 0.666. The van der Waals surface area contributed by atoms with E-state index in [9.17, 15) is 26.4 Å². The van der Waals surface area contributed by atoms with E-state index in [2.05, 4.69) is 19.6 Å². The standard InChI is InChI=1S/C19H20F3N5O4S/c20-19(21,22)18-24-16(25-31-18)12-1-2-15(23-8-12)26-9-13-7-14(10-26)27(13)17(28)11-3-5-32(29,30)6-4-11/h1-2,8,11,13-14H,3-7,9-10H2. The summed E-state index contributed by atoms with van der Waals surface area (Å²) in [5.41, 5.74) is 0.305. The molecule has 0 N–H and O–H groups in total. The summed E-state index contributed by atoms with van der Waals surface area (Å²) in [7, 11) is -3.01. The minimum absolute atomic E-state index is 0.0432. The Morgan fingerprint density at radius 1 is 1.12 bits per heavy atom. The molecule has 0 aromatic carbocycles. The van der Waals surface area contributed by atoms with Gasteiger partial charge in [0.05, 0.1) is 23.6 Å². The molecule has 0 radical (unpaired) electrons. The molecule has 13 heteroatoms. The maximum atomic E-state index is 12.9. The minimum Gasteiger partial charge on any atom is -0.352 e. The Labute approximate surface area is 181 Å². The molecular formula is C19H20F3N5O4S. The normalized spacial score (nSPS) is 25.5. The van der Waals surface area contributed by atoms with Gasteiger partial charge >= 0.3 is 12.1 Å². The van der Waals surface area contributed by atoms with Crippen LogP contribution in [0.3, 0.4) is 0 Å². The summed E-state index contributed by atoms with van der Waals surface area (Å²) in [5.74, 6) is -0.998. The zero-order valence-electron chi connectivity index (χ0n) is 16.8. The number of sulfone groups is 1. The van der Waals surface area contributed by atoms with Gasteiger partial charge in [-0.1, -0.05) is 5.16 Å². The number of halogens is 3. The van der Waals surface area contributed by atoms with E-state index in [-0.39, 0.29) is 41.2 Å². The van der Waals surface area contributed by atoms with Gasteiger partial charge in [0.1, 0.15) is 15.7 Å². The number of carbonyl (C=O) groups excluding carboxylic acids is 1. The van der Waals surface area contributed by atoms with Gasteiger partial charge in [-0.15, -0.1) is 0 Å². The Kier molecular flexibility index (Phi) is 4.91. The van der Waals surface area contributed by atoms with Crippen LogP contribution in [0.5, 0.6) is 0 Å². The molecule has 6 rings (SSSR count). The number of fused-ring (bicyclic) bond motifs is 2. The highest BCUT2D eigenvalue weighted by Gasteiger charge is 2.49. The number of rotatable bonds is 3. The van der Waals surface area contributed by atoms with Gasteiger partial charge in [-0.3, -0.25) is 4.79 Å². The summed E-state index contributed by atoms with van der Waals surface area (Å²) in [4.78, 5) is 24.5. The first-order valence-corrected chi connectivity index (χ1v) is 12.1. The predicted octanol–water partition coefficient (Wildman–Crippen LogP) is 1.76. The minimum atomic E-state index is -4.71. The maximum Gasteiger partial charge on any atom is 0.471 e. The molecule has 2 atom stereocenters. The van der Waals surface area contributed by atoms with E-state index >= 15 is 0 Å². The number of piperidine rings is 1. The van der Waals surface area contributed by atoms with Crippen LogP contribution in [0.25, 0.3) is 11.4 Å². The lowest BCUT2D eigenvalue weighted by molar-refractivity contribution is -0.159. The van der Waals surface area contributed by atoms with Gasteiger partial charge < -0.3 is 14.3 Å². The summed E-state index contributed by atoms with van der Waals surface area (Å²) in [6.07, 6.45) is -1.64. The Bertz CT molecular complexity index is 1110. The average Bonchev–Trinajstić information content (AvgIpc) is 3.25. The highest BCUT2D eigenvalue weighted by Crippen LogP contribution is 2.37. The van der Waals surface area contributed by atoms with Crippen molar-refractivity contribution in [2.45, 2.75) is 37.5 Å². The molecule has 172 valence electrons. The lowest BCUT2D eigenvalue weighted by Crippen LogP contribution is -2.71. The first kappa shape index (κ1) is 21.2. The smallest absolute Gasteiger partial charge is 0.352 e. The van der Waals surface area contributed by atoms with Gasteiger partial charge in [0.2, 0.25) is 11.7 Å². The van der Waals surface area contributed by atoms with Crippen LogP contribution in [-0.2, 0) is 20.8 Å². The molecular weight excluding hydrogens is 451 g/mol. The van der Waals surface area contributed by atoms with E-state index in [4.69, 9.17) is 0 Å². The highest BCUT2D eigenvalue weighted by atomic mass is 32.2. The van der Waals surface area contributed by atoms with Gasteiger partial charge in [-0.2, -0.15) is 18.2 Å². The SMILES string of the molecule is O=C(C1CCS(=O)(=O)CC1)N1C2CC1CN(c1ccc(-c3noc(C(F)(F)F)n3)cn1)C2. The molecule has 2 unspecified atom stereocenters. The van der Waals surface area contributed by atoms with Crippen LogP contribution in [-0.4, -0.2) is 71.0 Å². The zero-order chi connectivity index (χ0) is 22.7. The topological polar surface area (TPSA) is 110 Å². The molecule has 0 saturated carbocycles. The molecule has 4 aliphatic heterocycles. The second-order valence-electron chi connectivity index (χ2n) is 8.45. The van der Waals surface area contributed by atoms with E-state index in [0.717, 1.165) is 6.42 Å². The van der Waals surface area contributed by atoms with Crippen LogP contribution in [0.1, 0.15) is 25.2 Å². The van der Waals surface area contributed by atoms with Gasteiger partial charge in [-0.25, -0.2) is 13.4 Å². The van der Waals surface area contributed by atoms with E-state index in [1.807, 2.05) is 9.80 Å². The largest absolute Gasteiger partial charge is 0.471 e. The van der Waals surface area contributed by atoms with Crippen LogP contribution in [0, 0.1) is 5.92 Å². The Hall–Kier alpha value is -2.70. The monoisotopic (exact) mass is 471 g/mol. The van der Waals surface area contributed by atoms with Gasteiger partial charge in [0.25, 0.3) is 0 Å². The second kappa shape index (κ2) is 7.42. The molecule has 9 nitrogen and oxygen atoms in total. The molecule has 32 heavy (non-hydrogen) atoms. The van der Waals surface area contributed by atoms with E-state index in [1.165, 1.54) is 6.20 Å². The predicted molar refractivity (Wildman–Crippen MR) is 105 cm³/mol. The fourth-order valence-corrected chi connectivity index (χ4v) is 6.16. The fourth-order valence-electron chi connectivity index (χ4n) is 4.67. The van der Waals surface area contributed by atoms with Crippen LogP contribution in [0.2, 0.25) is 0 Å². The maximum absolute atomic E-state index is 12.9. The van der Waals surface area contributed by atoms with Crippen molar-refractivity contribution in [1.29, 1.82) is 0 Å². The van der Waals surface area contributed by atoms with Crippen molar-refractivity contribution in [2.75, 3.05) is 29.5 Å². The number of nitrogens with zero attached hydrogens (tertiary/aromatic N) is 5. The first-order chi connectivity index (χ1) is 15.1. The summed E-state index contributed by atoms with van der Waals surface area (Å²) in [6, 6.07) is 3.36. The molecule has 4 aliphatic rings. The summed E-state index contributed by atoms with van der Waals surface area (Å²) >= 11 is 0. The van der Waals surface area contributed by atoms with Crippen molar-refractivity contribution in [2.24, 2.45) is 5.92 Å². The van der Waals surface area contributed by atoms with Crippen molar-refractivity contribution < 1.29 is 30.9 Å². The van der Waals surface area contributed by atoms with Crippen molar-refractivity contribution in [3.8, 4) is 11.4 Å². The number of hydrogen-bond donors (Lipinski definition) is 0. The number of aromatic nitrogens is 3. The summed E-state index contributed by atoms with van der Waals surface area (Å²) in [6.45, 7) is 1.19. The van der Waals surface area contributed by atoms with Crippen LogP contribution in [0.15, 0.2) is 22.9 Å². The number of amides is 1. The first-order valence-electron chi connectivity index (χ1n) is 10.3. The number of hydrogen-bond acceptors (Lipinski definition) is 8. The lowest BCUT2D eigenvalue weighted by atomic mass is 9.85. The molecule has 0 aliphatic carbocycles. The van der Waals surface area contributed by atoms with Gasteiger partial charge in [0.15, 0.2) is 0 Å². The van der Waals surface area contributed by atoms with E-state index < -0.39 is 21.9 Å². The zero-order valence-corrected chi connectivity index (χ0v) is 17.6. The van der Waals surface area contributed by atoms with Crippen LogP contribution in [0.4, 0.5) is 19.0 Å². The molecule has 0 spiro atoms. The molecule has 4 fully saturated rings. The summed E-state index contributed by atoms with van der Waals surface area (Å²) < 4.78 is 65.4. The van der Waals surface area contributed by atoms with E-state index in [1.54, 1.807) is 12.1 Å². The number of alkyl halides is 3. The molecule has 2 bridgehead atoms. The van der Waals surface area contributed by atoms with Crippen molar-refractivity contribution in [3.05, 3.63) is 24.2 Å². The van der Waals surface area contributed by atoms with Crippen molar-refractivity contribution in [1.82, 2.24) is 20.0 Å². The molecule has 4 saturated heterocycles. The molecule has 2 aromatic rings. The van der Waals surface area contributed by atoms with Crippen LogP contribution < -0.4 is 4.90 Å². The fraction of sp³-hybridized carbons (Fsp3) is 0.579. The Morgan fingerprint density at radius 2 is 1.81 bits per heavy atom. The molecule has 1 amide bonds. The number of carbonyl (C=O) groups is 1. The van der Waals surface area contributed by atoms with Crippen molar-refractivity contribution in [3.63, 3.8) is 0 Å². The number of anilines is 1. The average molecular weight is 471 g/mol. The van der Waals surface area contributed by atoms with Gasteiger partial charge in [-0.05, 0) is 31.4 Å². The lowest BCUT2D eigenvalue weighted by Gasteiger charge is -2.57. The highest BCUT2D eigenvalue weighted by molar-refractivity contribution is 7.91. The number of piperazine rings is 1. The Balaban J connectivity index is 1.22. The van der Waals surface area contributed by atoms with Crippen LogP contribution >= 0.6 is 0 Å². The summed E-state index contributed by atoms with van der Waals surface area (Å²) in [5, 5.41) is 3.36.